The molecule has 4 aliphatic heterocycles. The van der Waals surface area contributed by atoms with E-state index >= 15 is 0 Å². The molecule has 4 aliphatic rings. The largest absolute Gasteiger partial charge is 0.493 e. The first-order valence-electron chi connectivity index (χ1n) is 17.7. The highest BCUT2D eigenvalue weighted by atomic mass is 16.6. The van der Waals surface area contributed by atoms with Gasteiger partial charge < -0.3 is 29.2 Å². The molecule has 5 aromatic carbocycles. The fraction of sp³-hybridized carbons (Fsp3) is 0.214. The normalized spacial score (nSPS) is 17.3. The number of anilines is 3. The van der Waals surface area contributed by atoms with Crippen LogP contribution in [0.15, 0.2) is 83.9 Å². The van der Waals surface area contributed by atoms with Gasteiger partial charge in [0.25, 0.3) is 17.5 Å². The van der Waals surface area contributed by atoms with E-state index in [4.69, 9.17) is 18.9 Å². The molecule has 2 amide bonds. The van der Waals surface area contributed by atoms with Gasteiger partial charge in [-0.25, -0.2) is 0 Å². The number of ether oxygens (including phenoxy) is 4. The smallest absolute Gasteiger partial charge is 0.270 e. The lowest BCUT2D eigenvalue weighted by molar-refractivity contribution is -0.385. The average Bonchev–Trinajstić information content (AvgIpc) is 3.70. The van der Waals surface area contributed by atoms with Gasteiger partial charge in [0.2, 0.25) is 0 Å². The van der Waals surface area contributed by atoms with Gasteiger partial charge in [0.15, 0.2) is 23.0 Å². The van der Waals surface area contributed by atoms with Crippen LogP contribution in [0.5, 0.6) is 23.0 Å². The predicted octanol–water partition coefficient (Wildman–Crippen LogP) is 6.65. The highest BCUT2D eigenvalue weighted by Crippen LogP contribution is 2.42. The van der Waals surface area contributed by atoms with Gasteiger partial charge in [0, 0.05) is 61.1 Å². The molecule has 4 heterocycles. The van der Waals surface area contributed by atoms with Crippen molar-refractivity contribution in [2.45, 2.75) is 38.1 Å². The first-order chi connectivity index (χ1) is 26.8. The van der Waals surface area contributed by atoms with E-state index in [0.717, 1.165) is 22.5 Å². The van der Waals surface area contributed by atoms with Crippen molar-refractivity contribution in [2.75, 3.05) is 35.9 Å². The molecule has 13 nitrogen and oxygen atoms in total. The van der Waals surface area contributed by atoms with Crippen LogP contribution >= 0.6 is 0 Å². The van der Waals surface area contributed by atoms with Gasteiger partial charge in [0.05, 0.1) is 59.4 Å². The summed E-state index contributed by atoms with van der Waals surface area (Å²) in [5.41, 5.74) is 6.47. The summed E-state index contributed by atoms with van der Waals surface area (Å²) in [6.07, 6.45) is 3.11. The van der Waals surface area contributed by atoms with Crippen molar-refractivity contribution in [3.05, 3.63) is 134 Å². The first kappa shape index (κ1) is 33.7. The van der Waals surface area contributed by atoms with Crippen molar-refractivity contribution in [3.8, 4) is 23.0 Å². The van der Waals surface area contributed by atoms with Crippen molar-refractivity contribution in [2.24, 2.45) is 4.99 Å². The number of nitrogens with zero attached hydrogens (tertiary/aromatic N) is 4. The van der Waals surface area contributed by atoms with E-state index in [-0.39, 0.29) is 42.8 Å². The van der Waals surface area contributed by atoms with Crippen LogP contribution in [0.25, 0.3) is 0 Å². The van der Waals surface area contributed by atoms with Crippen LogP contribution in [0.2, 0.25) is 0 Å². The maximum atomic E-state index is 13.8. The van der Waals surface area contributed by atoms with Gasteiger partial charge in [-0.2, -0.15) is 0 Å². The molecule has 1 N–H and O–H groups in total. The van der Waals surface area contributed by atoms with Gasteiger partial charge in [-0.3, -0.25) is 29.6 Å². The second kappa shape index (κ2) is 13.4. The highest BCUT2D eigenvalue weighted by Gasteiger charge is 2.39. The van der Waals surface area contributed by atoms with Crippen LogP contribution in [0.1, 0.15) is 43.0 Å². The molecule has 0 unspecified atom stereocenters. The molecule has 5 aromatic rings. The molecule has 0 bridgehead atoms. The molecule has 0 saturated carbocycles. The van der Waals surface area contributed by atoms with Crippen LogP contribution in [-0.4, -0.2) is 55.8 Å². The minimum absolute atomic E-state index is 0.0357. The van der Waals surface area contributed by atoms with Gasteiger partial charge in [-0.1, -0.05) is 30.3 Å². The van der Waals surface area contributed by atoms with Crippen molar-refractivity contribution < 1.29 is 33.5 Å². The molecule has 0 aliphatic carbocycles. The summed E-state index contributed by atoms with van der Waals surface area (Å²) < 4.78 is 23.7. The number of nitro groups is 1. The number of nitrogens with one attached hydrogen (secondary N) is 1. The van der Waals surface area contributed by atoms with E-state index in [0.29, 0.717) is 76.0 Å². The van der Waals surface area contributed by atoms with E-state index in [2.05, 4.69) is 22.4 Å². The quantitative estimate of drug-likeness (QED) is 0.130. The minimum atomic E-state index is -0.473. The molecular formula is C42H33N5O8. The molecule has 0 aromatic heterocycles. The van der Waals surface area contributed by atoms with E-state index in [1.165, 1.54) is 26.4 Å². The summed E-state index contributed by atoms with van der Waals surface area (Å²) in [6.45, 7) is 0.437. The number of fused-ring (bicyclic) bond motifs is 8. The lowest BCUT2D eigenvalue weighted by Crippen LogP contribution is -2.39. The van der Waals surface area contributed by atoms with Crippen LogP contribution in [0, 0.1) is 22.2 Å². The molecule has 274 valence electrons. The van der Waals surface area contributed by atoms with E-state index < -0.39 is 4.92 Å². The third-order valence-corrected chi connectivity index (χ3v) is 10.4. The molecular weight excluding hydrogens is 702 g/mol. The number of carbonyl (C=O) groups is 2. The molecule has 9 rings (SSSR count). The number of nitro benzene ring substituents is 1. The van der Waals surface area contributed by atoms with Crippen LogP contribution < -0.4 is 34.1 Å². The Balaban J connectivity index is 0.946. The lowest BCUT2D eigenvalue weighted by Gasteiger charge is -2.22. The maximum Gasteiger partial charge on any atom is 0.270 e. The Labute approximate surface area is 315 Å². The Morgan fingerprint density at radius 3 is 2.29 bits per heavy atom. The second-order valence-electron chi connectivity index (χ2n) is 13.6. The first-order valence-corrected chi connectivity index (χ1v) is 17.7. The van der Waals surface area contributed by atoms with Crippen molar-refractivity contribution in [3.63, 3.8) is 0 Å². The van der Waals surface area contributed by atoms with Gasteiger partial charge in [0.1, 0.15) is 13.2 Å². The second-order valence-corrected chi connectivity index (χ2v) is 13.6. The van der Waals surface area contributed by atoms with Gasteiger partial charge >= 0.3 is 0 Å². The number of amides is 2. The lowest BCUT2D eigenvalue weighted by atomic mass is 10.1. The Kier molecular flexibility index (Phi) is 8.23. The number of carbonyl (C=O) groups excluding carboxylic acids is 2. The zero-order chi connectivity index (χ0) is 37.8. The third kappa shape index (κ3) is 5.88. The zero-order valence-corrected chi connectivity index (χ0v) is 29.8. The monoisotopic (exact) mass is 735 g/mol. The highest BCUT2D eigenvalue weighted by molar-refractivity contribution is 6.15. The summed E-state index contributed by atoms with van der Waals surface area (Å²) >= 11 is 0. The Hall–Kier alpha value is -7.07. The Bertz CT molecular complexity index is 2450. The standard InChI is InChI=1S/C42H33N5O8/c1-52-37-16-31-33(43-20-29-14-26-7-3-5-9-35(26)45(29)41(31)48)18-39(37)54-22-24-11-25(13-28(12-24)47(50)51)23-55-40-19-34-32(17-38(40)53-2)42(49)46-30(21-44-34)15-27-8-4-6-10-36(27)46/h3,5-7,9-13,16-20,29-30,44H,14-15,21-23H2,1-2H3/t29-,30-/m0/s1. The average molecular weight is 736 g/mol. The minimum Gasteiger partial charge on any atom is -0.493 e. The number of aliphatic imine (C=N–C) groups is 1. The fourth-order valence-corrected chi connectivity index (χ4v) is 7.80. The van der Waals surface area contributed by atoms with Crippen molar-refractivity contribution in [1.29, 1.82) is 0 Å². The van der Waals surface area contributed by atoms with Crippen LogP contribution in [0.3, 0.4) is 0 Å². The number of benzene rings is 4. The summed E-state index contributed by atoms with van der Waals surface area (Å²) in [5.74, 6) is 1.01. The Morgan fingerprint density at radius 1 is 0.836 bits per heavy atom. The summed E-state index contributed by atoms with van der Waals surface area (Å²) in [7, 11) is 2.98. The number of para-hydroxylation sites is 1. The van der Waals surface area contributed by atoms with Crippen LogP contribution in [-0.2, 0) is 26.1 Å². The predicted molar refractivity (Wildman–Crippen MR) is 204 cm³/mol. The molecule has 55 heavy (non-hydrogen) atoms. The molecule has 0 saturated heterocycles. The molecule has 0 fully saturated rings. The SMILES string of the molecule is COc1cc2c(cc1OCc1cc(COc3cc4c(cc3OC)C(=O)N3c5ccc#cc5C[C@H]3CN4)cc([N+](=O)[O-])c1)N=C[C@@H]1Cc3ccccc3N1C2=O. The summed E-state index contributed by atoms with van der Waals surface area (Å²) in [4.78, 5) is 47.4. The number of rotatable bonds is 9. The molecule has 0 radical (unpaired) electrons. The summed E-state index contributed by atoms with van der Waals surface area (Å²) in [6, 6.07) is 28.5. The van der Waals surface area contributed by atoms with Crippen molar-refractivity contribution in [1.82, 2.24) is 0 Å². The third-order valence-electron chi connectivity index (χ3n) is 10.4. The fourth-order valence-electron chi connectivity index (χ4n) is 7.80. The molecule has 0 spiro atoms. The number of non-ortho nitro benzene ring substituents is 1. The molecule has 2 atom stereocenters. The number of methoxy groups -OCH3 is 2. The van der Waals surface area contributed by atoms with Crippen LogP contribution in [0.4, 0.5) is 28.4 Å². The van der Waals surface area contributed by atoms with Gasteiger partial charge in [-0.15, -0.1) is 0 Å². The number of hydrogen-bond acceptors (Lipinski definition) is 10. The van der Waals surface area contributed by atoms with E-state index in [1.54, 1.807) is 52.4 Å². The topological polar surface area (TPSA) is 145 Å². The number of hydrogen-bond donors (Lipinski definition) is 1. The molecule has 13 heteroatoms. The Morgan fingerprint density at radius 2 is 1.55 bits per heavy atom. The van der Waals surface area contributed by atoms with Crippen molar-refractivity contribution >= 4 is 46.5 Å². The summed E-state index contributed by atoms with van der Waals surface area (Å²) in [5, 5.41) is 15.4. The maximum absolute atomic E-state index is 13.8. The van der Waals surface area contributed by atoms with Gasteiger partial charge in [-0.05, 0) is 53.1 Å². The zero-order valence-electron chi connectivity index (χ0n) is 29.8. The van der Waals surface area contributed by atoms with E-state index in [9.17, 15) is 19.7 Å². The van der Waals surface area contributed by atoms with E-state index in [1.807, 2.05) is 30.3 Å².